The Bertz CT molecular complexity index is 476. The second-order valence-corrected chi connectivity index (χ2v) is 4.05. The minimum atomic E-state index is 0.205. The molecule has 0 aliphatic rings. The largest absolute Gasteiger partial charge is 0.459 e. The van der Waals surface area contributed by atoms with Gasteiger partial charge in [-0.2, -0.15) is 0 Å². The molecule has 86 valence electrons. The van der Waals surface area contributed by atoms with Crippen LogP contribution < -0.4 is 11.1 Å². The van der Waals surface area contributed by atoms with Crippen LogP contribution in [0.2, 0.25) is 0 Å². The van der Waals surface area contributed by atoms with Crippen LogP contribution in [0.25, 0.3) is 11.0 Å². The van der Waals surface area contributed by atoms with Crippen LogP contribution in [-0.4, -0.2) is 13.1 Å². The Morgan fingerprint density at radius 2 is 2.12 bits per heavy atom. The van der Waals surface area contributed by atoms with Crippen molar-refractivity contribution in [3.05, 3.63) is 35.6 Å². The Hall–Kier alpha value is -1.32. The van der Waals surface area contributed by atoms with E-state index in [2.05, 4.69) is 25.2 Å². The molecule has 0 spiro atoms. The number of furan rings is 1. The van der Waals surface area contributed by atoms with E-state index in [-0.39, 0.29) is 6.04 Å². The van der Waals surface area contributed by atoms with E-state index < -0.39 is 0 Å². The molecule has 2 rings (SSSR count). The summed E-state index contributed by atoms with van der Waals surface area (Å²) in [7, 11) is 0. The maximum atomic E-state index is 5.85. The van der Waals surface area contributed by atoms with Gasteiger partial charge in [0.05, 0.1) is 6.04 Å². The summed E-state index contributed by atoms with van der Waals surface area (Å²) in [5, 5.41) is 4.53. The number of nitrogens with two attached hydrogens (primary N) is 1. The molecule has 0 amide bonds. The number of hydrogen-bond acceptors (Lipinski definition) is 3. The van der Waals surface area contributed by atoms with Crippen LogP contribution in [0.1, 0.15) is 24.3 Å². The Labute approximate surface area is 95.6 Å². The topological polar surface area (TPSA) is 51.2 Å². The molecule has 0 saturated heterocycles. The molecule has 3 heteroatoms. The standard InChI is InChI=1S/C13H18N2O/c1-9-11-5-3-4-6-12(11)16-13(9)10(2)15-8-7-14/h3-6,10,15H,7-8,14H2,1-2H3. The SMILES string of the molecule is Cc1c(C(C)NCCN)oc2ccccc12. The maximum Gasteiger partial charge on any atom is 0.134 e. The van der Waals surface area contributed by atoms with Gasteiger partial charge in [-0.15, -0.1) is 0 Å². The number of fused-ring (bicyclic) bond motifs is 1. The monoisotopic (exact) mass is 218 g/mol. The zero-order valence-corrected chi connectivity index (χ0v) is 9.79. The van der Waals surface area contributed by atoms with Gasteiger partial charge < -0.3 is 15.5 Å². The van der Waals surface area contributed by atoms with Crippen LogP contribution in [0.15, 0.2) is 28.7 Å². The fourth-order valence-corrected chi connectivity index (χ4v) is 2.00. The Morgan fingerprint density at radius 3 is 2.81 bits per heavy atom. The van der Waals surface area contributed by atoms with Crippen LogP contribution in [0.3, 0.4) is 0 Å². The lowest BCUT2D eigenvalue weighted by molar-refractivity contribution is 0.452. The van der Waals surface area contributed by atoms with Gasteiger partial charge in [0, 0.05) is 18.5 Å². The average molecular weight is 218 g/mol. The molecule has 2 aromatic rings. The molecule has 1 heterocycles. The molecule has 3 N–H and O–H groups in total. The van der Waals surface area contributed by atoms with Crippen molar-refractivity contribution in [2.24, 2.45) is 5.73 Å². The molecule has 16 heavy (non-hydrogen) atoms. The number of hydrogen-bond donors (Lipinski definition) is 2. The van der Waals surface area contributed by atoms with E-state index in [1.54, 1.807) is 0 Å². The highest BCUT2D eigenvalue weighted by Gasteiger charge is 2.15. The van der Waals surface area contributed by atoms with Crippen molar-refractivity contribution in [3.8, 4) is 0 Å². The summed E-state index contributed by atoms with van der Waals surface area (Å²) in [6, 6.07) is 8.32. The van der Waals surface area contributed by atoms with Crippen LogP contribution >= 0.6 is 0 Å². The summed E-state index contributed by atoms with van der Waals surface area (Å²) in [5.41, 5.74) is 7.65. The highest BCUT2D eigenvalue weighted by Crippen LogP contribution is 2.28. The lowest BCUT2D eigenvalue weighted by atomic mass is 10.1. The molecule has 0 saturated carbocycles. The Morgan fingerprint density at radius 1 is 1.38 bits per heavy atom. The maximum absolute atomic E-state index is 5.85. The van der Waals surface area contributed by atoms with Crippen molar-refractivity contribution in [1.29, 1.82) is 0 Å². The van der Waals surface area contributed by atoms with Gasteiger partial charge in [0.2, 0.25) is 0 Å². The normalized spacial score (nSPS) is 13.2. The summed E-state index contributed by atoms with van der Waals surface area (Å²) in [4.78, 5) is 0. The highest BCUT2D eigenvalue weighted by atomic mass is 16.3. The molecule has 0 bridgehead atoms. The summed E-state index contributed by atoms with van der Waals surface area (Å²) in [6.45, 7) is 5.64. The van der Waals surface area contributed by atoms with E-state index in [9.17, 15) is 0 Å². The molecular formula is C13H18N2O. The van der Waals surface area contributed by atoms with Crippen molar-refractivity contribution >= 4 is 11.0 Å². The van der Waals surface area contributed by atoms with E-state index in [1.165, 1.54) is 10.9 Å². The van der Waals surface area contributed by atoms with Crippen LogP contribution in [0.4, 0.5) is 0 Å². The molecule has 1 unspecified atom stereocenters. The fourth-order valence-electron chi connectivity index (χ4n) is 2.00. The number of benzene rings is 1. The van der Waals surface area contributed by atoms with Crippen molar-refractivity contribution in [2.45, 2.75) is 19.9 Å². The third kappa shape index (κ3) is 1.96. The predicted octanol–water partition coefficient (Wildman–Crippen LogP) is 2.35. The van der Waals surface area contributed by atoms with Gasteiger partial charge in [0.25, 0.3) is 0 Å². The first-order chi connectivity index (χ1) is 7.74. The second-order valence-electron chi connectivity index (χ2n) is 4.05. The smallest absolute Gasteiger partial charge is 0.134 e. The third-order valence-electron chi connectivity index (χ3n) is 2.87. The number of aryl methyl sites for hydroxylation is 1. The minimum absolute atomic E-state index is 0.205. The lowest BCUT2D eigenvalue weighted by Crippen LogP contribution is -2.25. The minimum Gasteiger partial charge on any atom is -0.459 e. The first-order valence-corrected chi connectivity index (χ1v) is 5.65. The van der Waals surface area contributed by atoms with Crippen molar-refractivity contribution in [3.63, 3.8) is 0 Å². The van der Waals surface area contributed by atoms with Gasteiger partial charge in [0.1, 0.15) is 11.3 Å². The second kappa shape index (κ2) is 4.68. The molecule has 0 aliphatic heterocycles. The molecular weight excluding hydrogens is 200 g/mol. The van der Waals surface area contributed by atoms with E-state index in [0.29, 0.717) is 6.54 Å². The molecule has 0 radical (unpaired) electrons. The van der Waals surface area contributed by atoms with Gasteiger partial charge in [-0.05, 0) is 25.5 Å². The summed E-state index contributed by atoms with van der Waals surface area (Å²) < 4.78 is 5.85. The highest BCUT2D eigenvalue weighted by molar-refractivity contribution is 5.82. The Kier molecular flexibility index (Phi) is 3.27. The molecule has 1 aromatic heterocycles. The van der Waals surface area contributed by atoms with Crippen molar-refractivity contribution in [1.82, 2.24) is 5.32 Å². The lowest BCUT2D eigenvalue weighted by Gasteiger charge is -2.10. The fraction of sp³-hybridized carbons (Fsp3) is 0.385. The van der Waals surface area contributed by atoms with Crippen LogP contribution in [0.5, 0.6) is 0 Å². The third-order valence-corrected chi connectivity index (χ3v) is 2.87. The molecule has 0 aliphatic carbocycles. The van der Waals surface area contributed by atoms with E-state index in [0.717, 1.165) is 17.9 Å². The average Bonchev–Trinajstić information content (AvgIpc) is 2.64. The van der Waals surface area contributed by atoms with E-state index in [1.807, 2.05) is 18.2 Å². The molecule has 0 fully saturated rings. The van der Waals surface area contributed by atoms with Crippen molar-refractivity contribution in [2.75, 3.05) is 13.1 Å². The van der Waals surface area contributed by atoms with Gasteiger partial charge in [0.15, 0.2) is 0 Å². The van der Waals surface area contributed by atoms with Crippen LogP contribution in [-0.2, 0) is 0 Å². The van der Waals surface area contributed by atoms with Crippen LogP contribution in [0, 0.1) is 6.92 Å². The number of rotatable bonds is 4. The summed E-state index contributed by atoms with van der Waals surface area (Å²) in [6.07, 6.45) is 0. The predicted molar refractivity (Wildman–Crippen MR) is 66.4 cm³/mol. The summed E-state index contributed by atoms with van der Waals surface area (Å²) in [5.74, 6) is 1.01. The first kappa shape index (κ1) is 11.2. The molecule has 3 nitrogen and oxygen atoms in total. The first-order valence-electron chi connectivity index (χ1n) is 5.65. The zero-order valence-electron chi connectivity index (χ0n) is 9.79. The summed E-state index contributed by atoms with van der Waals surface area (Å²) >= 11 is 0. The van der Waals surface area contributed by atoms with Gasteiger partial charge in [-0.25, -0.2) is 0 Å². The Balaban J connectivity index is 2.33. The molecule has 1 atom stereocenters. The molecule has 1 aromatic carbocycles. The van der Waals surface area contributed by atoms with Crippen molar-refractivity contribution < 1.29 is 4.42 Å². The quantitative estimate of drug-likeness (QED) is 0.828. The zero-order chi connectivity index (χ0) is 11.5. The number of nitrogens with one attached hydrogen (secondary N) is 1. The van der Waals surface area contributed by atoms with Gasteiger partial charge in [-0.3, -0.25) is 0 Å². The van der Waals surface area contributed by atoms with Gasteiger partial charge >= 0.3 is 0 Å². The van der Waals surface area contributed by atoms with Gasteiger partial charge in [-0.1, -0.05) is 18.2 Å². The van der Waals surface area contributed by atoms with E-state index >= 15 is 0 Å². The number of para-hydroxylation sites is 1. The van der Waals surface area contributed by atoms with E-state index in [4.69, 9.17) is 10.2 Å².